The highest BCUT2D eigenvalue weighted by atomic mass is 19.4. The quantitative estimate of drug-likeness (QED) is 0.373. The second kappa shape index (κ2) is 8.71. The van der Waals surface area contributed by atoms with Crippen LogP contribution in [0.15, 0.2) is 0 Å². The molecule has 12 heteroatoms. The molecule has 3 heterocycles. The number of rotatable bonds is 4. The molecule has 182 valence electrons. The summed E-state index contributed by atoms with van der Waals surface area (Å²) in [4.78, 5) is 13.7. The molecule has 2 aliphatic heterocycles. The first-order valence-corrected chi connectivity index (χ1v) is 11.3. The zero-order valence-electron chi connectivity index (χ0n) is 19.0. The van der Waals surface area contributed by atoms with Crippen LogP contribution in [0.5, 0.6) is 0 Å². The molecule has 0 bridgehead atoms. The summed E-state index contributed by atoms with van der Waals surface area (Å²) in [6.45, 7) is 8.69. The van der Waals surface area contributed by atoms with Crippen LogP contribution in [0.3, 0.4) is 0 Å². The van der Waals surface area contributed by atoms with E-state index in [4.69, 9.17) is 21.3 Å². The number of nitrogen functional groups attached to an aromatic ring is 1. The number of halogens is 3. The van der Waals surface area contributed by atoms with Crippen molar-refractivity contribution in [2.24, 2.45) is 5.92 Å². The van der Waals surface area contributed by atoms with Crippen LogP contribution in [0, 0.1) is 18.3 Å². The predicted octanol–water partition coefficient (Wildman–Crippen LogP) is 0.472. The van der Waals surface area contributed by atoms with Gasteiger partial charge in [0.05, 0.1) is 5.69 Å². The molecule has 3 fully saturated rings. The number of nitrogens with zero attached hydrogens (tertiary/aromatic N) is 4. The molecule has 1 aliphatic carbocycles. The van der Waals surface area contributed by atoms with E-state index in [0.29, 0.717) is 23.5 Å². The van der Waals surface area contributed by atoms with Crippen molar-refractivity contribution in [2.45, 2.75) is 57.3 Å². The Kier molecular flexibility index (Phi) is 6.25. The van der Waals surface area contributed by atoms with E-state index in [1.54, 1.807) is 6.92 Å². The SMILES string of the molecule is Cc1nc(C(=N)OC(=[NH2+])CC(F)(F)F)c(N)nc1N1CCN(C2CCNCC2)C2(CC2C)C1. The smallest absolute Gasteiger partial charge is 0.388 e. The van der Waals surface area contributed by atoms with Crippen LogP contribution in [0.25, 0.3) is 0 Å². The second-order valence-corrected chi connectivity index (χ2v) is 9.36. The van der Waals surface area contributed by atoms with Gasteiger partial charge in [0.1, 0.15) is 0 Å². The van der Waals surface area contributed by atoms with Crippen LogP contribution in [-0.4, -0.2) is 77.1 Å². The Morgan fingerprint density at radius 2 is 1.97 bits per heavy atom. The van der Waals surface area contributed by atoms with Crippen molar-refractivity contribution >= 4 is 23.4 Å². The van der Waals surface area contributed by atoms with Gasteiger partial charge in [0, 0.05) is 31.2 Å². The van der Waals surface area contributed by atoms with Gasteiger partial charge in [-0.2, -0.15) is 13.2 Å². The number of aromatic nitrogens is 2. The van der Waals surface area contributed by atoms with Crippen molar-refractivity contribution in [2.75, 3.05) is 43.4 Å². The van der Waals surface area contributed by atoms with Crippen molar-refractivity contribution in [3.05, 3.63) is 11.4 Å². The lowest BCUT2D eigenvalue weighted by Gasteiger charge is -2.48. The highest BCUT2D eigenvalue weighted by molar-refractivity contribution is 6.00. The molecule has 1 saturated carbocycles. The Bertz CT molecular complexity index is 933. The average molecular weight is 470 g/mol. The number of ether oxygens (including phenoxy) is 1. The maximum atomic E-state index is 12.5. The molecule has 1 aromatic rings. The molecular formula is C21H32F3N8O+. The Hall–Kier alpha value is -2.47. The van der Waals surface area contributed by atoms with Gasteiger partial charge in [-0.1, -0.05) is 6.92 Å². The summed E-state index contributed by atoms with van der Waals surface area (Å²) in [6.07, 6.45) is -2.54. The summed E-state index contributed by atoms with van der Waals surface area (Å²) in [5, 5.41) is 16.7. The normalized spacial score (nSPS) is 26.5. The number of aryl methyl sites for hydroxylation is 1. The number of alkyl halides is 3. The number of hydrogen-bond acceptors (Lipinski definition) is 8. The molecule has 4 rings (SSSR count). The summed E-state index contributed by atoms with van der Waals surface area (Å²) in [5.74, 6) is -0.332. The first-order chi connectivity index (χ1) is 15.5. The predicted molar refractivity (Wildman–Crippen MR) is 118 cm³/mol. The fourth-order valence-corrected chi connectivity index (χ4v) is 5.29. The summed E-state index contributed by atoms with van der Waals surface area (Å²) >= 11 is 0. The molecule has 2 unspecified atom stereocenters. The van der Waals surface area contributed by atoms with E-state index in [0.717, 1.165) is 52.0 Å². The third kappa shape index (κ3) is 4.91. The van der Waals surface area contributed by atoms with E-state index < -0.39 is 24.4 Å². The van der Waals surface area contributed by atoms with Gasteiger partial charge in [0.25, 0.3) is 0 Å². The molecule has 1 aromatic heterocycles. The lowest BCUT2D eigenvalue weighted by molar-refractivity contribution is -0.164. The molecule has 1 spiro atoms. The van der Waals surface area contributed by atoms with Gasteiger partial charge in [0.2, 0.25) is 5.90 Å². The van der Waals surface area contributed by atoms with Crippen LogP contribution < -0.4 is 21.4 Å². The first kappa shape index (κ1) is 23.7. The van der Waals surface area contributed by atoms with Crippen LogP contribution >= 0.6 is 0 Å². The number of piperazine rings is 1. The second-order valence-electron chi connectivity index (χ2n) is 9.36. The van der Waals surface area contributed by atoms with E-state index in [9.17, 15) is 13.2 Å². The lowest BCUT2D eigenvalue weighted by Crippen LogP contribution is -2.61. The van der Waals surface area contributed by atoms with Crippen molar-refractivity contribution in [3.63, 3.8) is 0 Å². The highest BCUT2D eigenvalue weighted by Crippen LogP contribution is 2.52. The van der Waals surface area contributed by atoms with Gasteiger partial charge in [-0.15, -0.1) is 0 Å². The zero-order chi connectivity index (χ0) is 24.0. The number of anilines is 2. The third-order valence-corrected chi connectivity index (χ3v) is 7.01. The van der Waals surface area contributed by atoms with Gasteiger partial charge in [0.15, 0.2) is 23.8 Å². The largest absolute Gasteiger partial charge is 0.402 e. The molecule has 2 atom stereocenters. The average Bonchev–Trinajstić information content (AvgIpc) is 3.36. The van der Waals surface area contributed by atoms with Gasteiger partial charge in [-0.3, -0.25) is 10.3 Å². The maximum Gasteiger partial charge on any atom is 0.402 e. The number of nitrogens with one attached hydrogen (secondary N) is 2. The monoisotopic (exact) mass is 469 g/mol. The lowest BCUT2D eigenvalue weighted by atomic mass is 9.98. The number of piperidine rings is 1. The van der Waals surface area contributed by atoms with Crippen molar-refractivity contribution < 1.29 is 23.3 Å². The highest BCUT2D eigenvalue weighted by Gasteiger charge is 2.59. The fraction of sp³-hybridized carbons (Fsp3) is 0.714. The Morgan fingerprint density at radius 3 is 2.58 bits per heavy atom. The van der Waals surface area contributed by atoms with E-state index in [-0.39, 0.29) is 17.1 Å². The van der Waals surface area contributed by atoms with Crippen LogP contribution in [0.2, 0.25) is 0 Å². The van der Waals surface area contributed by atoms with Crippen molar-refractivity contribution in [1.82, 2.24) is 20.2 Å². The zero-order valence-corrected chi connectivity index (χ0v) is 19.0. The summed E-state index contributed by atoms with van der Waals surface area (Å²) in [7, 11) is 0. The van der Waals surface area contributed by atoms with Gasteiger partial charge in [-0.25, -0.2) is 15.4 Å². The van der Waals surface area contributed by atoms with Crippen molar-refractivity contribution in [1.29, 1.82) is 5.41 Å². The minimum Gasteiger partial charge on any atom is -0.388 e. The minimum absolute atomic E-state index is 0.0703. The standard InChI is InChI=1S/C21H31F3N8O/c1-12-9-20(12)11-31(7-8-32(20)14-3-5-28-6-4-14)19-13(2)29-16(17(26)30-19)18(27)33-15(25)10-21(22,23)24/h12,14,25,27-28H,3-11H2,1-2H3,(H2,26,30)/p+1. The van der Waals surface area contributed by atoms with Crippen LogP contribution in [-0.2, 0) is 4.74 Å². The summed E-state index contributed by atoms with van der Waals surface area (Å²) in [5.41, 5.74) is 6.59. The topological polar surface area (TPSA) is 129 Å². The Balaban J connectivity index is 1.48. The Labute approximate surface area is 190 Å². The van der Waals surface area contributed by atoms with E-state index in [2.05, 4.69) is 32.0 Å². The molecule has 0 radical (unpaired) electrons. The Morgan fingerprint density at radius 1 is 1.30 bits per heavy atom. The number of nitrogens with two attached hydrogens (primary N) is 2. The first-order valence-electron chi connectivity index (χ1n) is 11.3. The molecule has 0 amide bonds. The van der Waals surface area contributed by atoms with E-state index >= 15 is 0 Å². The van der Waals surface area contributed by atoms with E-state index in [1.807, 2.05) is 0 Å². The minimum atomic E-state index is -4.53. The number of hydrogen-bond donors (Lipinski definition) is 4. The van der Waals surface area contributed by atoms with Gasteiger partial charge >= 0.3 is 12.1 Å². The van der Waals surface area contributed by atoms with Gasteiger partial charge < -0.3 is 20.7 Å². The molecule has 33 heavy (non-hydrogen) atoms. The summed E-state index contributed by atoms with van der Waals surface area (Å²) < 4.78 is 42.3. The molecule has 6 N–H and O–H groups in total. The van der Waals surface area contributed by atoms with Crippen molar-refractivity contribution in [3.8, 4) is 0 Å². The fourth-order valence-electron chi connectivity index (χ4n) is 5.29. The molecule has 3 aliphatic rings. The maximum absolute atomic E-state index is 12.5. The molecule has 9 nitrogen and oxygen atoms in total. The molecule has 0 aromatic carbocycles. The molecular weight excluding hydrogens is 437 g/mol. The van der Waals surface area contributed by atoms with Gasteiger partial charge in [-0.05, 0) is 45.2 Å². The van der Waals surface area contributed by atoms with E-state index in [1.165, 1.54) is 0 Å². The summed E-state index contributed by atoms with van der Waals surface area (Å²) in [6, 6.07) is 0.592. The molecule has 2 saturated heterocycles. The van der Waals surface area contributed by atoms with Crippen LogP contribution in [0.1, 0.15) is 44.0 Å². The van der Waals surface area contributed by atoms with Crippen LogP contribution in [0.4, 0.5) is 24.8 Å². The third-order valence-electron chi connectivity index (χ3n) is 7.01.